The van der Waals surface area contributed by atoms with Crippen LogP contribution in [0.5, 0.6) is 5.75 Å². The van der Waals surface area contributed by atoms with Crippen LogP contribution in [0.25, 0.3) is 6.08 Å². The fraction of sp³-hybridized carbons (Fsp3) is 0.167. The molecule has 0 radical (unpaired) electrons. The van der Waals surface area contributed by atoms with Gasteiger partial charge in [-0.1, -0.05) is 18.2 Å². The number of carboxylic acids is 1. The Balaban J connectivity index is 1.77. The SMILES string of the molecule is O=C(O)COc1cccc(CCNC(=O)/C=C/c2cccnc2)c1. The van der Waals surface area contributed by atoms with E-state index in [2.05, 4.69) is 10.3 Å². The third-order valence-electron chi connectivity index (χ3n) is 3.09. The molecule has 2 aromatic rings. The number of rotatable bonds is 8. The third kappa shape index (κ3) is 6.31. The van der Waals surface area contributed by atoms with Crippen molar-refractivity contribution in [2.24, 2.45) is 0 Å². The minimum atomic E-state index is -1.02. The second-order valence-electron chi connectivity index (χ2n) is 4.99. The summed E-state index contributed by atoms with van der Waals surface area (Å²) in [5.74, 6) is -0.706. The number of aromatic nitrogens is 1. The maximum atomic E-state index is 11.7. The standard InChI is InChI=1S/C18H18N2O4/c21-17(7-6-15-4-2-9-19-12-15)20-10-8-14-3-1-5-16(11-14)24-13-18(22)23/h1-7,9,11-12H,8,10,13H2,(H,20,21)(H,22,23)/b7-6+. The van der Waals surface area contributed by atoms with E-state index in [0.717, 1.165) is 11.1 Å². The van der Waals surface area contributed by atoms with Gasteiger partial charge in [0.15, 0.2) is 6.61 Å². The highest BCUT2D eigenvalue weighted by molar-refractivity contribution is 5.91. The predicted molar refractivity (Wildman–Crippen MR) is 89.6 cm³/mol. The monoisotopic (exact) mass is 326 g/mol. The average Bonchev–Trinajstić information content (AvgIpc) is 2.59. The summed E-state index contributed by atoms with van der Waals surface area (Å²) in [5, 5.41) is 11.4. The van der Waals surface area contributed by atoms with Crippen molar-refractivity contribution in [3.63, 3.8) is 0 Å². The summed E-state index contributed by atoms with van der Waals surface area (Å²) in [4.78, 5) is 26.2. The van der Waals surface area contributed by atoms with Gasteiger partial charge in [0.25, 0.3) is 0 Å². The highest BCUT2D eigenvalue weighted by Crippen LogP contribution is 2.13. The van der Waals surface area contributed by atoms with Crippen molar-refractivity contribution in [2.75, 3.05) is 13.2 Å². The number of nitrogens with one attached hydrogen (secondary N) is 1. The molecule has 1 heterocycles. The van der Waals surface area contributed by atoms with Crippen LogP contribution in [0, 0.1) is 0 Å². The summed E-state index contributed by atoms with van der Waals surface area (Å²) in [6.45, 7) is 0.0952. The molecule has 0 atom stereocenters. The second kappa shape index (κ2) is 9.09. The zero-order valence-corrected chi connectivity index (χ0v) is 13.0. The minimum absolute atomic E-state index is 0.183. The maximum absolute atomic E-state index is 11.7. The topological polar surface area (TPSA) is 88.5 Å². The number of pyridine rings is 1. The highest BCUT2D eigenvalue weighted by atomic mass is 16.5. The molecule has 1 aromatic carbocycles. The van der Waals surface area contributed by atoms with E-state index < -0.39 is 5.97 Å². The van der Waals surface area contributed by atoms with Crippen molar-refractivity contribution in [1.29, 1.82) is 0 Å². The van der Waals surface area contributed by atoms with Crippen molar-refractivity contribution < 1.29 is 19.4 Å². The van der Waals surface area contributed by atoms with Crippen molar-refractivity contribution in [1.82, 2.24) is 10.3 Å². The van der Waals surface area contributed by atoms with Gasteiger partial charge in [0.2, 0.25) is 5.91 Å². The van der Waals surface area contributed by atoms with Gasteiger partial charge in [-0.15, -0.1) is 0 Å². The molecule has 2 rings (SSSR count). The van der Waals surface area contributed by atoms with Gasteiger partial charge in [0.1, 0.15) is 5.75 Å². The summed E-state index contributed by atoms with van der Waals surface area (Å²) in [7, 11) is 0. The molecule has 0 fully saturated rings. The normalized spacial score (nSPS) is 10.5. The van der Waals surface area contributed by atoms with Crippen LogP contribution < -0.4 is 10.1 Å². The fourth-order valence-electron chi connectivity index (χ4n) is 1.97. The number of nitrogens with zero attached hydrogens (tertiary/aromatic N) is 1. The summed E-state index contributed by atoms with van der Waals surface area (Å²) < 4.78 is 5.12. The Bertz CT molecular complexity index is 714. The lowest BCUT2D eigenvalue weighted by Crippen LogP contribution is -2.23. The molecular weight excluding hydrogens is 308 g/mol. The summed E-state index contributed by atoms with van der Waals surface area (Å²) in [6.07, 6.45) is 7.13. The zero-order chi connectivity index (χ0) is 17.2. The van der Waals surface area contributed by atoms with Crippen LogP contribution >= 0.6 is 0 Å². The molecule has 2 N–H and O–H groups in total. The Morgan fingerprint density at radius 3 is 2.88 bits per heavy atom. The molecule has 0 saturated carbocycles. The van der Waals surface area contributed by atoms with Crippen LogP contribution in [-0.2, 0) is 16.0 Å². The Morgan fingerprint density at radius 2 is 2.12 bits per heavy atom. The van der Waals surface area contributed by atoms with Gasteiger partial charge in [-0.2, -0.15) is 0 Å². The third-order valence-corrected chi connectivity index (χ3v) is 3.09. The quantitative estimate of drug-likeness (QED) is 0.724. The van der Waals surface area contributed by atoms with Gasteiger partial charge in [-0.3, -0.25) is 9.78 Å². The van der Waals surface area contributed by atoms with E-state index in [9.17, 15) is 9.59 Å². The lowest BCUT2D eigenvalue weighted by Gasteiger charge is -2.06. The molecule has 6 heteroatoms. The first-order valence-corrected chi connectivity index (χ1v) is 7.43. The Kier molecular flexibility index (Phi) is 6.52. The molecule has 1 amide bonds. The summed E-state index contributed by atoms with van der Waals surface area (Å²) >= 11 is 0. The number of carbonyl (C=O) groups is 2. The predicted octanol–water partition coefficient (Wildman–Crippen LogP) is 1.92. The first-order chi connectivity index (χ1) is 11.6. The molecule has 1 aromatic heterocycles. The molecule has 0 aliphatic carbocycles. The van der Waals surface area contributed by atoms with E-state index in [1.165, 1.54) is 6.08 Å². The number of benzene rings is 1. The summed E-state index contributed by atoms with van der Waals surface area (Å²) in [6, 6.07) is 10.8. The van der Waals surface area contributed by atoms with Crippen LogP contribution in [0.2, 0.25) is 0 Å². The van der Waals surface area contributed by atoms with Gasteiger partial charge in [0, 0.05) is 25.0 Å². The number of hydrogen-bond donors (Lipinski definition) is 2. The molecule has 0 aliphatic rings. The molecule has 0 aliphatic heterocycles. The molecule has 6 nitrogen and oxygen atoms in total. The van der Waals surface area contributed by atoms with Crippen molar-refractivity contribution in [3.8, 4) is 5.75 Å². The summed E-state index contributed by atoms with van der Waals surface area (Å²) in [5.41, 5.74) is 1.81. The van der Waals surface area contributed by atoms with E-state index in [1.54, 1.807) is 42.7 Å². The lowest BCUT2D eigenvalue weighted by molar-refractivity contribution is -0.139. The maximum Gasteiger partial charge on any atom is 0.341 e. The fourth-order valence-corrected chi connectivity index (χ4v) is 1.97. The van der Waals surface area contributed by atoms with Gasteiger partial charge in [-0.25, -0.2) is 4.79 Å². The molecule has 0 spiro atoms. The number of carboxylic acid groups (broad SMARTS) is 1. The largest absolute Gasteiger partial charge is 0.482 e. The molecule has 0 unspecified atom stereocenters. The molecule has 0 bridgehead atoms. The van der Waals surface area contributed by atoms with E-state index in [-0.39, 0.29) is 12.5 Å². The van der Waals surface area contributed by atoms with Crippen molar-refractivity contribution in [3.05, 3.63) is 66.0 Å². The molecule has 124 valence electrons. The second-order valence-corrected chi connectivity index (χ2v) is 4.99. The minimum Gasteiger partial charge on any atom is -0.482 e. The average molecular weight is 326 g/mol. The van der Waals surface area contributed by atoms with Crippen molar-refractivity contribution >= 4 is 18.0 Å². The first kappa shape index (κ1) is 17.2. The van der Waals surface area contributed by atoms with Crippen LogP contribution in [0.1, 0.15) is 11.1 Å². The highest BCUT2D eigenvalue weighted by Gasteiger charge is 2.01. The number of aliphatic carboxylic acids is 1. The van der Waals surface area contributed by atoms with Crippen molar-refractivity contribution in [2.45, 2.75) is 6.42 Å². The number of amides is 1. The van der Waals surface area contributed by atoms with E-state index in [0.29, 0.717) is 18.7 Å². The molecule has 0 saturated heterocycles. The van der Waals surface area contributed by atoms with Gasteiger partial charge < -0.3 is 15.2 Å². The Hall–Kier alpha value is -3.15. The molecular formula is C18H18N2O4. The smallest absolute Gasteiger partial charge is 0.341 e. The van der Waals surface area contributed by atoms with Gasteiger partial charge in [0.05, 0.1) is 0 Å². The first-order valence-electron chi connectivity index (χ1n) is 7.43. The van der Waals surface area contributed by atoms with E-state index in [4.69, 9.17) is 9.84 Å². The van der Waals surface area contributed by atoms with Crippen LogP contribution in [0.15, 0.2) is 54.9 Å². The van der Waals surface area contributed by atoms with Crippen LogP contribution in [-0.4, -0.2) is 35.1 Å². The Labute approximate surface area is 139 Å². The lowest BCUT2D eigenvalue weighted by atomic mass is 10.1. The van der Waals surface area contributed by atoms with E-state index >= 15 is 0 Å². The van der Waals surface area contributed by atoms with Crippen LogP contribution in [0.3, 0.4) is 0 Å². The Morgan fingerprint density at radius 1 is 1.25 bits per heavy atom. The van der Waals surface area contributed by atoms with E-state index in [1.807, 2.05) is 12.1 Å². The van der Waals surface area contributed by atoms with Gasteiger partial charge in [-0.05, 0) is 41.8 Å². The number of hydrogen-bond acceptors (Lipinski definition) is 4. The number of carbonyl (C=O) groups excluding carboxylic acids is 1. The van der Waals surface area contributed by atoms with Crippen LogP contribution in [0.4, 0.5) is 0 Å². The van der Waals surface area contributed by atoms with Gasteiger partial charge >= 0.3 is 5.97 Å². The zero-order valence-electron chi connectivity index (χ0n) is 13.0. The molecule has 24 heavy (non-hydrogen) atoms. The number of ether oxygens (including phenoxy) is 1.